The van der Waals surface area contributed by atoms with E-state index in [1.807, 2.05) is 19.5 Å². The molecule has 2 heterocycles. The van der Waals surface area contributed by atoms with E-state index in [0.717, 1.165) is 43.6 Å². The van der Waals surface area contributed by atoms with Crippen molar-refractivity contribution in [3.8, 4) is 0 Å². The van der Waals surface area contributed by atoms with Gasteiger partial charge in [-0.05, 0) is 79.6 Å². The SMILES string of the molecule is CCN/C=C(\C=NC)c1ccnc2c1C(c1ccc3c(c1)C1(CCNCC1)CC3=O)=C[C@H]1CC21. The van der Waals surface area contributed by atoms with Crippen molar-refractivity contribution in [3.63, 3.8) is 0 Å². The second kappa shape index (κ2) is 8.31. The molecule has 174 valence electrons. The molecule has 0 radical (unpaired) electrons. The maximum atomic E-state index is 12.9. The first kappa shape index (κ1) is 21.5. The molecule has 0 amide bonds. The van der Waals surface area contributed by atoms with Gasteiger partial charge in [-0.25, -0.2) is 0 Å². The van der Waals surface area contributed by atoms with E-state index in [-0.39, 0.29) is 5.41 Å². The molecule has 4 aliphatic rings. The highest BCUT2D eigenvalue weighted by Crippen LogP contribution is 2.56. The number of Topliss-reactive ketones (excluding diaryl/α,β-unsaturated/α-hetero) is 1. The molecular formula is C29H32N4O. The van der Waals surface area contributed by atoms with Gasteiger partial charge in [0, 0.05) is 66.7 Å². The lowest BCUT2D eigenvalue weighted by molar-refractivity contribution is 0.0964. The van der Waals surface area contributed by atoms with Gasteiger partial charge in [0.15, 0.2) is 5.78 Å². The van der Waals surface area contributed by atoms with Gasteiger partial charge in [-0.15, -0.1) is 0 Å². The third-order valence-corrected chi connectivity index (χ3v) is 8.12. The molecule has 1 aromatic heterocycles. The number of benzene rings is 1. The van der Waals surface area contributed by atoms with E-state index in [1.165, 1.54) is 39.9 Å². The quantitative estimate of drug-likeness (QED) is 0.656. The number of rotatable bonds is 5. The molecule has 34 heavy (non-hydrogen) atoms. The summed E-state index contributed by atoms with van der Waals surface area (Å²) in [5, 5.41) is 6.83. The van der Waals surface area contributed by atoms with Crippen LogP contribution < -0.4 is 10.6 Å². The number of carbonyl (C=O) groups excluding carboxylic acids is 1. The third kappa shape index (κ3) is 3.37. The molecule has 2 N–H and O–H groups in total. The van der Waals surface area contributed by atoms with E-state index in [4.69, 9.17) is 4.98 Å². The number of nitrogens with zero attached hydrogens (tertiary/aromatic N) is 2. The summed E-state index contributed by atoms with van der Waals surface area (Å²) in [5.41, 5.74) is 9.34. The summed E-state index contributed by atoms with van der Waals surface area (Å²) < 4.78 is 0. The third-order valence-electron chi connectivity index (χ3n) is 8.12. The van der Waals surface area contributed by atoms with Gasteiger partial charge >= 0.3 is 0 Å². The van der Waals surface area contributed by atoms with Crippen LogP contribution in [0.25, 0.3) is 11.1 Å². The van der Waals surface area contributed by atoms with Gasteiger partial charge in [-0.2, -0.15) is 0 Å². The molecular weight excluding hydrogens is 420 g/mol. The molecule has 6 rings (SSSR count). The Hall–Kier alpha value is -3.05. The van der Waals surface area contributed by atoms with Crippen LogP contribution in [0.3, 0.4) is 0 Å². The minimum absolute atomic E-state index is 0.00338. The van der Waals surface area contributed by atoms with Crippen molar-refractivity contribution in [2.24, 2.45) is 10.9 Å². The predicted molar refractivity (Wildman–Crippen MR) is 137 cm³/mol. The summed E-state index contributed by atoms with van der Waals surface area (Å²) >= 11 is 0. The number of piperidine rings is 1. The number of aromatic nitrogens is 1. The van der Waals surface area contributed by atoms with Crippen molar-refractivity contribution in [3.05, 3.63) is 76.2 Å². The van der Waals surface area contributed by atoms with Crippen molar-refractivity contribution in [1.29, 1.82) is 0 Å². The zero-order valence-corrected chi connectivity index (χ0v) is 20.0. The molecule has 5 heteroatoms. The van der Waals surface area contributed by atoms with Gasteiger partial charge in [-0.3, -0.25) is 14.8 Å². The molecule has 1 saturated carbocycles. The van der Waals surface area contributed by atoms with Crippen LogP contribution in [0, 0.1) is 5.92 Å². The highest BCUT2D eigenvalue weighted by atomic mass is 16.1. The fourth-order valence-corrected chi connectivity index (χ4v) is 6.31. The number of allylic oxidation sites excluding steroid dienone is 2. The summed E-state index contributed by atoms with van der Waals surface area (Å²) in [5.74, 6) is 1.39. The summed E-state index contributed by atoms with van der Waals surface area (Å²) in [6.45, 7) is 4.92. The molecule has 5 nitrogen and oxygen atoms in total. The van der Waals surface area contributed by atoms with Crippen LogP contribution in [0.1, 0.15) is 76.8 Å². The van der Waals surface area contributed by atoms with Crippen LogP contribution in [0.15, 0.2) is 47.7 Å². The second-order valence-corrected chi connectivity index (χ2v) is 10.1. The van der Waals surface area contributed by atoms with Crippen molar-refractivity contribution in [2.45, 2.75) is 43.9 Å². The van der Waals surface area contributed by atoms with Crippen LogP contribution in [0.5, 0.6) is 0 Å². The summed E-state index contributed by atoms with van der Waals surface area (Å²) in [4.78, 5) is 22.1. The highest BCUT2D eigenvalue weighted by molar-refractivity contribution is 6.12. The number of fused-ring (bicyclic) bond motifs is 5. The predicted octanol–water partition coefficient (Wildman–Crippen LogP) is 4.49. The molecule has 1 aliphatic heterocycles. The Labute approximate surface area is 201 Å². The van der Waals surface area contributed by atoms with Crippen molar-refractivity contribution < 1.29 is 4.79 Å². The molecule has 1 saturated heterocycles. The maximum Gasteiger partial charge on any atom is 0.164 e. The first-order valence-electron chi connectivity index (χ1n) is 12.6. The van der Waals surface area contributed by atoms with E-state index in [1.54, 1.807) is 0 Å². The fourth-order valence-electron chi connectivity index (χ4n) is 6.31. The van der Waals surface area contributed by atoms with Crippen LogP contribution in [-0.4, -0.2) is 43.7 Å². The summed E-state index contributed by atoms with van der Waals surface area (Å²) in [7, 11) is 1.82. The Bertz CT molecular complexity index is 1250. The van der Waals surface area contributed by atoms with Gasteiger partial charge in [0.1, 0.15) is 0 Å². The second-order valence-electron chi connectivity index (χ2n) is 10.1. The standard InChI is InChI=1S/C29H32N4O/c1-3-31-17-20(16-30-2)21-6-9-33-28-24-13-19(24)12-23(27(21)28)18-4-5-22-25(14-18)29(15-26(22)34)7-10-32-11-8-29/h4-6,9,12,14,16-17,19,24,31-32H,3,7-8,10-11,13,15H2,1-2H3/b20-17+,30-16?/t19-,24?/m0/s1. The maximum absolute atomic E-state index is 12.9. The number of aliphatic imine (C=N–C) groups is 1. The fraction of sp³-hybridized carbons (Fsp3) is 0.414. The van der Waals surface area contributed by atoms with Crippen LogP contribution in [0.2, 0.25) is 0 Å². The van der Waals surface area contributed by atoms with Gasteiger partial charge < -0.3 is 10.6 Å². The van der Waals surface area contributed by atoms with E-state index in [0.29, 0.717) is 24.0 Å². The zero-order valence-electron chi connectivity index (χ0n) is 20.0. The largest absolute Gasteiger partial charge is 0.391 e. The van der Waals surface area contributed by atoms with Crippen LogP contribution in [-0.2, 0) is 5.41 Å². The Balaban J connectivity index is 1.50. The van der Waals surface area contributed by atoms with E-state index >= 15 is 0 Å². The Morgan fingerprint density at radius 1 is 1.29 bits per heavy atom. The van der Waals surface area contributed by atoms with Gasteiger partial charge in [0.05, 0.1) is 5.69 Å². The van der Waals surface area contributed by atoms with Gasteiger partial charge in [0.2, 0.25) is 0 Å². The van der Waals surface area contributed by atoms with Crippen molar-refractivity contribution in [2.75, 3.05) is 26.7 Å². The zero-order chi connectivity index (χ0) is 23.3. The lowest BCUT2D eigenvalue weighted by Crippen LogP contribution is -2.38. The van der Waals surface area contributed by atoms with E-state index in [9.17, 15) is 4.79 Å². The topological polar surface area (TPSA) is 66.4 Å². The molecule has 0 bridgehead atoms. The number of ketones is 1. The lowest BCUT2D eigenvalue weighted by Gasteiger charge is -2.34. The average molecular weight is 453 g/mol. The number of hydrogen-bond acceptors (Lipinski definition) is 5. The minimum Gasteiger partial charge on any atom is -0.391 e. The molecule has 2 aromatic rings. The molecule has 1 unspecified atom stereocenters. The van der Waals surface area contributed by atoms with Crippen LogP contribution >= 0.6 is 0 Å². The van der Waals surface area contributed by atoms with E-state index in [2.05, 4.69) is 59.1 Å². The average Bonchev–Trinajstić information content (AvgIpc) is 3.61. The molecule has 1 spiro atoms. The smallest absolute Gasteiger partial charge is 0.164 e. The Kier molecular flexibility index (Phi) is 5.25. The van der Waals surface area contributed by atoms with Crippen LogP contribution in [0.4, 0.5) is 0 Å². The summed E-state index contributed by atoms with van der Waals surface area (Å²) in [6, 6.07) is 8.70. The molecule has 2 fully saturated rings. The number of hydrogen-bond donors (Lipinski definition) is 2. The number of carbonyl (C=O) groups is 1. The van der Waals surface area contributed by atoms with Gasteiger partial charge in [-0.1, -0.05) is 18.2 Å². The number of pyridine rings is 1. The van der Waals surface area contributed by atoms with Gasteiger partial charge in [0.25, 0.3) is 0 Å². The van der Waals surface area contributed by atoms with E-state index < -0.39 is 0 Å². The molecule has 1 aromatic carbocycles. The Morgan fingerprint density at radius 2 is 2.15 bits per heavy atom. The molecule has 3 aliphatic carbocycles. The summed E-state index contributed by atoms with van der Waals surface area (Å²) in [6.07, 6.45) is 12.3. The lowest BCUT2D eigenvalue weighted by atomic mass is 9.73. The first-order chi connectivity index (χ1) is 16.6. The van der Waals surface area contributed by atoms with Crippen molar-refractivity contribution >= 4 is 23.1 Å². The normalized spacial score (nSPS) is 24.6. The molecule has 2 atom stereocenters. The Morgan fingerprint density at radius 3 is 2.94 bits per heavy atom. The monoisotopic (exact) mass is 452 g/mol. The number of nitrogens with one attached hydrogen (secondary N) is 2. The van der Waals surface area contributed by atoms with Crippen molar-refractivity contribution in [1.82, 2.24) is 15.6 Å². The first-order valence-corrected chi connectivity index (χ1v) is 12.6. The highest BCUT2D eigenvalue weighted by Gasteiger charge is 2.46. The minimum atomic E-state index is -0.00338.